The first-order chi connectivity index (χ1) is 7.02. The van der Waals surface area contributed by atoms with Crippen LogP contribution in [0.4, 0.5) is 8.78 Å². The zero-order valence-corrected chi connectivity index (χ0v) is 7.43. The number of aliphatic hydroxyl groups excluding tert-OH is 1. The van der Waals surface area contributed by atoms with E-state index in [2.05, 4.69) is 4.74 Å². The second kappa shape index (κ2) is 4.70. The molecule has 1 rings (SSSR count). The van der Waals surface area contributed by atoms with Gasteiger partial charge in [0.15, 0.2) is 6.10 Å². The van der Waals surface area contributed by atoms with E-state index in [0.717, 1.165) is 6.07 Å². The molecule has 0 aliphatic carbocycles. The van der Waals surface area contributed by atoms with Gasteiger partial charge in [0.05, 0.1) is 0 Å². The highest BCUT2D eigenvalue weighted by molar-refractivity contribution is 5.75. The highest BCUT2D eigenvalue weighted by atomic mass is 19.3. The van der Waals surface area contributed by atoms with E-state index in [0.29, 0.717) is 0 Å². The fraction of sp³-hybridized carbons (Fsp3) is 0.222. The van der Waals surface area contributed by atoms with Crippen LogP contribution < -0.4 is 4.74 Å². The van der Waals surface area contributed by atoms with Crippen molar-refractivity contribution in [3.63, 3.8) is 0 Å². The number of carboxylic acid groups (broad SMARTS) is 1. The summed E-state index contributed by atoms with van der Waals surface area (Å²) in [5, 5.41) is 17.7. The van der Waals surface area contributed by atoms with Crippen LogP contribution in [0.15, 0.2) is 24.3 Å². The number of ether oxygens (including phenoxy) is 1. The molecule has 0 unspecified atom stereocenters. The molecule has 2 N–H and O–H groups in total. The summed E-state index contributed by atoms with van der Waals surface area (Å²) < 4.78 is 27.9. The first-order valence-electron chi connectivity index (χ1n) is 3.97. The lowest BCUT2D eigenvalue weighted by Crippen LogP contribution is -2.13. The molecule has 1 atom stereocenters. The molecule has 82 valence electrons. The van der Waals surface area contributed by atoms with E-state index in [1.807, 2.05) is 0 Å². The highest BCUT2D eigenvalue weighted by Gasteiger charge is 2.21. The Kier molecular flexibility index (Phi) is 3.56. The minimum Gasteiger partial charge on any atom is -0.479 e. The number of halogens is 2. The topological polar surface area (TPSA) is 66.8 Å². The lowest BCUT2D eigenvalue weighted by atomic mass is 10.1. The van der Waals surface area contributed by atoms with Crippen molar-refractivity contribution >= 4 is 5.97 Å². The molecule has 0 spiro atoms. The van der Waals surface area contributed by atoms with Gasteiger partial charge in [0.25, 0.3) is 0 Å². The molecule has 0 aliphatic rings. The van der Waals surface area contributed by atoms with Gasteiger partial charge >= 0.3 is 12.6 Å². The van der Waals surface area contributed by atoms with Crippen molar-refractivity contribution < 1.29 is 28.5 Å². The van der Waals surface area contributed by atoms with Crippen LogP contribution in [0.25, 0.3) is 0 Å². The van der Waals surface area contributed by atoms with E-state index in [1.165, 1.54) is 18.2 Å². The molecular weight excluding hydrogens is 210 g/mol. The van der Waals surface area contributed by atoms with Gasteiger partial charge in [-0.25, -0.2) is 4.79 Å². The Labute approximate surface area is 83.7 Å². The summed E-state index contributed by atoms with van der Waals surface area (Å²) >= 11 is 0. The minimum absolute atomic E-state index is 0.203. The van der Waals surface area contributed by atoms with Crippen molar-refractivity contribution in [2.45, 2.75) is 12.7 Å². The highest BCUT2D eigenvalue weighted by Crippen LogP contribution is 2.26. The number of hydrogen-bond acceptors (Lipinski definition) is 3. The zero-order valence-electron chi connectivity index (χ0n) is 7.43. The van der Waals surface area contributed by atoms with Crippen LogP contribution in [0.3, 0.4) is 0 Å². The predicted octanol–water partition coefficient (Wildman–Crippen LogP) is 1.41. The van der Waals surface area contributed by atoms with E-state index in [1.54, 1.807) is 0 Å². The van der Waals surface area contributed by atoms with Crippen LogP contribution in [-0.2, 0) is 4.79 Å². The molecule has 1 aromatic rings. The Morgan fingerprint density at radius 3 is 2.47 bits per heavy atom. The summed E-state index contributed by atoms with van der Waals surface area (Å²) in [6.07, 6.45) is -1.88. The molecule has 6 heteroatoms. The molecule has 0 fully saturated rings. The van der Waals surface area contributed by atoms with Gasteiger partial charge in [-0.3, -0.25) is 0 Å². The monoisotopic (exact) mass is 218 g/mol. The number of rotatable bonds is 4. The molecular formula is C9H8F2O4. The van der Waals surface area contributed by atoms with Gasteiger partial charge in [-0.1, -0.05) is 18.2 Å². The van der Waals surface area contributed by atoms with E-state index in [-0.39, 0.29) is 11.3 Å². The minimum atomic E-state index is -3.06. The van der Waals surface area contributed by atoms with Crippen LogP contribution >= 0.6 is 0 Å². The van der Waals surface area contributed by atoms with Crippen LogP contribution in [0.1, 0.15) is 11.7 Å². The van der Waals surface area contributed by atoms with E-state index in [4.69, 9.17) is 10.2 Å². The number of hydrogen-bond donors (Lipinski definition) is 2. The van der Waals surface area contributed by atoms with E-state index in [9.17, 15) is 13.6 Å². The van der Waals surface area contributed by atoms with Gasteiger partial charge in [0.2, 0.25) is 0 Å². The molecule has 0 amide bonds. The molecule has 0 bridgehead atoms. The summed E-state index contributed by atoms with van der Waals surface area (Å²) in [5.41, 5.74) is -0.203. The number of carboxylic acids is 1. The Morgan fingerprint density at radius 2 is 1.93 bits per heavy atom. The van der Waals surface area contributed by atoms with Gasteiger partial charge in [0.1, 0.15) is 5.75 Å². The second-order valence-electron chi connectivity index (χ2n) is 2.66. The Balaban J connectivity index is 3.00. The number of carbonyl (C=O) groups is 1. The largest absolute Gasteiger partial charge is 0.479 e. The van der Waals surface area contributed by atoms with Crippen molar-refractivity contribution in [2.75, 3.05) is 0 Å². The van der Waals surface area contributed by atoms with Crippen LogP contribution in [0.2, 0.25) is 0 Å². The van der Waals surface area contributed by atoms with Crippen molar-refractivity contribution in [2.24, 2.45) is 0 Å². The molecule has 0 radical (unpaired) electrons. The van der Waals surface area contributed by atoms with E-state index < -0.39 is 18.7 Å². The van der Waals surface area contributed by atoms with Gasteiger partial charge < -0.3 is 14.9 Å². The first-order valence-corrected chi connectivity index (χ1v) is 3.97. The molecule has 0 saturated carbocycles. The molecule has 0 aromatic heterocycles. The van der Waals surface area contributed by atoms with Crippen molar-refractivity contribution in [1.29, 1.82) is 0 Å². The number of aliphatic hydroxyl groups is 1. The number of aliphatic carboxylic acids is 1. The van der Waals surface area contributed by atoms with Crippen molar-refractivity contribution in [1.82, 2.24) is 0 Å². The first kappa shape index (κ1) is 11.4. The standard InChI is InChI=1S/C9H8F2O4/c10-9(11)15-6-4-2-1-3-5(6)7(12)8(13)14/h1-4,7,9,12H,(H,13,14)/t7-/m0/s1. The Bertz CT molecular complexity index is 354. The smallest absolute Gasteiger partial charge is 0.387 e. The molecule has 0 saturated heterocycles. The number of benzene rings is 1. The van der Waals surface area contributed by atoms with Gasteiger partial charge in [0, 0.05) is 5.56 Å². The summed E-state index contributed by atoms with van der Waals surface area (Å²) in [6.45, 7) is -3.06. The molecule has 0 heterocycles. The van der Waals surface area contributed by atoms with Crippen LogP contribution in [0, 0.1) is 0 Å². The summed E-state index contributed by atoms with van der Waals surface area (Å²) in [7, 11) is 0. The maximum absolute atomic E-state index is 11.9. The zero-order chi connectivity index (χ0) is 11.4. The molecule has 15 heavy (non-hydrogen) atoms. The van der Waals surface area contributed by atoms with Crippen molar-refractivity contribution in [3.8, 4) is 5.75 Å². The fourth-order valence-corrected chi connectivity index (χ4v) is 1.04. The lowest BCUT2D eigenvalue weighted by molar-refractivity contribution is -0.147. The average Bonchev–Trinajstić information content (AvgIpc) is 2.16. The SMILES string of the molecule is O=C(O)[C@@H](O)c1ccccc1OC(F)F. The van der Waals surface area contributed by atoms with Gasteiger partial charge in [-0.05, 0) is 6.07 Å². The maximum Gasteiger partial charge on any atom is 0.387 e. The lowest BCUT2D eigenvalue weighted by Gasteiger charge is -2.12. The normalized spacial score (nSPS) is 12.5. The second-order valence-corrected chi connectivity index (χ2v) is 2.66. The third-order valence-corrected chi connectivity index (χ3v) is 1.66. The summed E-state index contributed by atoms with van der Waals surface area (Å²) in [4.78, 5) is 10.4. The van der Waals surface area contributed by atoms with Crippen LogP contribution in [-0.4, -0.2) is 22.8 Å². The third kappa shape index (κ3) is 2.88. The molecule has 0 aliphatic heterocycles. The van der Waals surface area contributed by atoms with Crippen molar-refractivity contribution in [3.05, 3.63) is 29.8 Å². The van der Waals surface area contributed by atoms with E-state index >= 15 is 0 Å². The van der Waals surface area contributed by atoms with Gasteiger partial charge in [-0.15, -0.1) is 0 Å². The number of para-hydroxylation sites is 1. The number of alkyl halides is 2. The molecule has 4 nitrogen and oxygen atoms in total. The summed E-state index contributed by atoms with van der Waals surface area (Å²) in [5.74, 6) is -1.87. The maximum atomic E-state index is 11.9. The predicted molar refractivity (Wildman–Crippen MR) is 45.7 cm³/mol. The fourth-order valence-electron chi connectivity index (χ4n) is 1.04. The summed E-state index contributed by atoms with van der Waals surface area (Å²) in [6, 6.07) is 5.18. The quantitative estimate of drug-likeness (QED) is 0.801. The molecule has 1 aromatic carbocycles. The van der Waals surface area contributed by atoms with Gasteiger partial charge in [-0.2, -0.15) is 8.78 Å². The van der Waals surface area contributed by atoms with Crippen LogP contribution in [0.5, 0.6) is 5.75 Å². The average molecular weight is 218 g/mol. The third-order valence-electron chi connectivity index (χ3n) is 1.66. The Morgan fingerprint density at radius 1 is 1.33 bits per heavy atom. The Hall–Kier alpha value is -1.69.